The van der Waals surface area contributed by atoms with Crippen molar-refractivity contribution in [3.05, 3.63) is 35.9 Å². The van der Waals surface area contributed by atoms with Gasteiger partial charge in [0.2, 0.25) is 0 Å². The molecule has 1 aromatic carbocycles. The van der Waals surface area contributed by atoms with E-state index < -0.39 is 12.1 Å². The molecule has 0 aromatic heterocycles. The molecule has 4 nitrogen and oxygen atoms in total. The molecule has 0 saturated carbocycles. The summed E-state index contributed by atoms with van der Waals surface area (Å²) in [7, 11) is 0. The fourth-order valence-corrected chi connectivity index (χ4v) is 1.61. The van der Waals surface area contributed by atoms with Crippen LogP contribution in [0.1, 0.15) is 32.8 Å². The first-order valence-electron chi connectivity index (χ1n) is 6.75. The van der Waals surface area contributed by atoms with Gasteiger partial charge in [-0.1, -0.05) is 26.0 Å². The predicted octanol–water partition coefficient (Wildman–Crippen LogP) is 2.88. The van der Waals surface area contributed by atoms with Crippen LogP contribution in [0.3, 0.4) is 0 Å². The standard InChI is InChI=1S/C16H22O4/c1-5-6-13-7-8-14(20-16(18)11(2)3)9-15(13)19-10-12(4)17/h7-9,12,17H,2,5-6,10H2,1,3-4H3. The first-order valence-corrected chi connectivity index (χ1v) is 6.75. The summed E-state index contributed by atoms with van der Waals surface area (Å²) in [5.74, 6) is 0.591. The quantitative estimate of drug-likeness (QED) is 0.473. The highest BCUT2D eigenvalue weighted by Crippen LogP contribution is 2.26. The number of rotatable bonds is 7. The van der Waals surface area contributed by atoms with Gasteiger partial charge < -0.3 is 14.6 Å². The third-order valence-electron chi connectivity index (χ3n) is 2.60. The zero-order valence-corrected chi connectivity index (χ0v) is 12.3. The average molecular weight is 278 g/mol. The Kier molecular flexibility index (Phi) is 6.25. The molecular formula is C16H22O4. The van der Waals surface area contributed by atoms with E-state index in [-0.39, 0.29) is 6.61 Å². The number of aliphatic hydroxyl groups excluding tert-OH is 1. The van der Waals surface area contributed by atoms with Gasteiger partial charge in [-0.25, -0.2) is 4.79 Å². The van der Waals surface area contributed by atoms with Gasteiger partial charge in [0.05, 0.1) is 6.10 Å². The lowest BCUT2D eigenvalue weighted by Gasteiger charge is -2.14. The Labute approximate surface area is 120 Å². The highest BCUT2D eigenvalue weighted by molar-refractivity contribution is 5.88. The van der Waals surface area contributed by atoms with Gasteiger partial charge in [0.1, 0.15) is 18.1 Å². The molecule has 1 rings (SSSR count). The molecule has 0 heterocycles. The molecule has 0 fully saturated rings. The van der Waals surface area contributed by atoms with E-state index in [0.29, 0.717) is 17.1 Å². The number of hydrogen-bond acceptors (Lipinski definition) is 4. The topological polar surface area (TPSA) is 55.8 Å². The Morgan fingerprint density at radius 1 is 1.45 bits per heavy atom. The van der Waals surface area contributed by atoms with Crippen molar-refractivity contribution in [3.63, 3.8) is 0 Å². The molecule has 4 heteroatoms. The Bertz CT molecular complexity index is 477. The Morgan fingerprint density at radius 2 is 2.15 bits per heavy atom. The van der Waals surface area contributed by atoms with E-state index in [2.05, 4.69) is 13.5 Å². The summed E-state index contributed by atoms with van der Waals surface area (Å²) in [6, 6.07) is 5.29. The minimum atomic E-state index is -0.550. The molecule has 0 aliphatic carbocycles. The van der Waals surface area contributed by atoms with E-state index in [4.69, 9.17) is 9.47 Å². The van der Waals surface area contributed by atoms with Crippen LogP contribution in [-0.2, 0) is 11.2 Å². The SMILES string of the molecule is C=C(C)C(=O)Oc1ccc(CCC)c(OCC(C)O)c1. The lowest BCUT2D eigenvalue weighted by molar-refractivity contribution is -0.130. The third-order valence-corrected chi connectivity index (χ3v) is 2.60. The largest absolute Gasteiger partial charge is 0.490 e. The molecule has 0 bridgehead atoms. The Hall–Kier alpha value is -1.81. The number of hydrogen-bond donors (Lipinski definition) is 1. The molecule has 1 atom stereocenters. The van der Waals surface area contributed by atoms with Crippen LogP contribution in [0.4, 0.5) is 0 Å². The van der Waals surface area contributed by atoms with Gasteiger partial charge in [0, 0.05) is 11.6 Å². The normalized spacial score (nSPS) is 11.8. The van der Waals surface area contributed by atoms with E-state index in [1.807, 2.05) is 6.07 Å². The molecule has 0 aliphatic rings. The van der Waals surface area contributed by atoms with E-state index in [0.717, 1.165) is 18.4 Å². The van der Waals surface area contributed by atoms with Crippen molar-refractivity contribution in [1.82, 2.24) is 0 Å². The summed E-state index contributed by atoms with van der Waals surface area (Å²) in [4.78, 5) is 11.5. The number of carbonyl (C=O) groups is 1. The van der Waals surface area contributed by atoms with Crippen molar-refractivity contribution >= 4 is 5.97 Å². The summed E-state index contributed by atoms with van der Waals surface area (Å²) in [5, 5.41) is 9.30. The summed E-state index contributed by atoms with van der Waals surface area (Å²) >= 11 is 0. The highest BCUT2D eigenvalue weighted by atomic mass is 16.5. The van der Waals surface area contributed by atoms with Crippen molar-refractivity contribution < 1.29 is 19.4 Å². The number of esters is 1. The van der Waals surface area contributed by atoms with Crippen LogP contribution in [0.25, 0.3) is 0 Å². The average Bonchev–Trinajstić information content (AvgIpc) is 2.38. The molecule has 20 heavy (non-hydrogen) atoms. The summed E-state index contributed by atoms with van der Waals surface area (Å²) in [6.07, 6.45) is 1.30. The van der Waals surface area contributed by atoms with Gasteiger partial charge in [0.25, 0.3) is 0 Å². The first kappa shape index (κ1) is 16.2. The van der Waals surface area contributed by atoms with Crippen LogP contribution in [0.2, 0.25) is 0 Å². The van der Waals surface area contributed by atoms with Crippen molar-refractivity contribution in [2.75, 3.05) is 6.61 Å². The van der Waals surface area contributed by atoms with Crippen molar-refractivity contribution in [2.45, 2.75) is 39.7 Å². The van der Waals surface area contributed by atoms with Crippen molar-refractivity contribution in [3.8, 4) is 11.5 Å². The Morgan fingerprint density at radius 3 is 2.70 bits per heavy atom. The van der Waals surface area contributed by atoms with E-state index in [1.165, 1.54) is 0 Å². The number of aliphatic hydroxyl groups is 1. The third kappa shape index (κ3) is 5.05. The van der Waals surface area contributed by atoms with E-state index in [9.17, 15) is 9.90 Å². The lowest BCUT2D eigenvalue weighted by atomic mass is 10.1. The minimum absolute atomic E-state index is 0.203. The van der Waals surface area contributed by atoms with Crippen LogP contribution in [0, 0.1) is 0 Å². The van der Waals surface area contributed by atoms with E-state index >= 15 is 0 Å². The molecular weight excluding hydrogens is 256 g/mol. The Balaban J connectivity index is 2.91. The number of benzene rings is 1. The maximum absolute atomic E-state index is 11.5. The fraction of sp³-hybridized carbons (Fsp3) is 0.438. The molecule has 1 N–H and O–H groups in total. The fourth-order valence-electron chi connectivity index (χ4n) is 1.61. The number of carbonyl (C=O) groups excluding carboxylic acids is 1. The van der Waals surface area contributed by atoms with Crippen LogP contribution >= 0.6 is 0 Å². The molecule has 0 aliphatic heterocycles. The second kappa shape index (κ2) is 7.70. The van der Waals surface area contributed by atoms with Gasteiger partial charge in [-0.15, -0.1) is 0 Å². The van der Waals surface area contributed by atoms with Crippen molar-refractivity contribution in [2.24, 2.45) is 0 Å². The molecule has 1 aromatic rings. The van der Waals surface area contributed by atoms with Gasteiger partial charge in [-0.3, -0.25) is 0 Å². The zero-order chi connectivity index (χ0) is 15.1. The molecule has 110 valence electrons. The monoisotopic (exact) mass is 278 g/mol. The number of aryl methyl sites for hydroxylation is 1. The summed E-state index contributed by atoms with van der Waals surface area (Å²) in [6.45, 7) is 9.07. The lowest BCUT2D eigenvalue weighted by Crippen LogP contribution is -2.14. The second-order valence-corrected chi connectivity index (χ2v) is 4.85. The highest BCUT2D eigenvalue weighted by Gasteiger charge is 2.10. The zero-order valence-electron chi connectivity index (χ0n) is 12.3. The maximum Gasteiger partial charge on any atom is 0.338 e. The predicted molar refractivity (Wildman–Crippen MR) is 78.1 cm³/mol. The maximum atomic E-state index is 11.5. The molecule has 0 radical (unpaired) electrons. The van der Waals surface area contributed by atoms with Crippen LogP contribution in [0.5, 0.6) is 11.5 Å². The van der Waals surface area contributed by atoms with Crippen LogP contribution in [-0.4, -0.2) is 23.8 Å². The van der Waals surface area contributed by atoms with Gasteiger partial charge in [-0.05, 0) is 31.9 Å². The molecule has 0 amide bonds. The van der Waals surface area contributed by atoms with E-state index in [1.54, 1.807) is 26.0 Å². The smallest absolute Gasteiger partial charge is 0.338 e. The summed E-state index contributed by atoms with van der Waals surface area (Å²) in [5.41, 5.74) is 1.37. The molecule has 1 unspecified atom stereocenters. The van der Waals surface area contributed by atoms with Gasteiger partial charge in [-0.2, -0.15) is 0 Å². The number of ether oxygens (including phenoxy) is 2. The van der Waals surface area contributed by atoms with Gasteiger partial charge >= 0.3 is 5.97 Å². The minimum Gasteiger partial charge on any atom is -0.490 e. The molecule has 0 spiro atoms. The van der Waals surface area contributed by atoms with Gasteiger partial charge in [0.15, 0.2) is 0 Å². The summed E-state index contributed by atoms with van der Waals surface area (Å²) < 4.78 is 10.7. The second-order valence-electron chi connectivity index (χ2n) is 4.85. The first-order chi connectivity index (χ1) is 9.43. The van der Waals surface area contributed by atoms with Crippen molar-refractivity contribution in [1.29, 1.82) is 0 Å². The van der Waals surface area contributed by atoms with Crippen LogP contribution in [0.15, 0.2) is 30.4 Å². The molecule has 0 saturated heterocycles. The van der Waals surface area contributed by atoms with Crippen LogP contribution < -0.4 is 9.47 Å².